The number of alkyl halides is 4. The van der Waals surface area contributed by atoms with E-state index in [2.05, 4.69) is 15.7 Å². The normalized spacial score (nSPS) is 11.7. The second-order valence-corrected chi connectivity index (χ2v) is 11.1. The Morgan fingerprint density at radius 3 is 2.14 bits per heavy atom. The molecule has 2 N–H and O–H groups in total. The molecule has 7 nitrogen and oxygen atoms in total. The minimum atomic E-state index is -4.69. The molecular weight excluding hydrogens is 572 g/mol. The lowest BCUT2D eigenvalue weighted by Gasteiger charge is -2.19. The maximum Gasteiger partial charge on any atom is 0.435 e. The summed E-state index contributed by atoms with van der Waals surface area (Å²) in [6, 6.07) is 19.0. The molecular formula is C30H28F4N4O3S. The number of amides is 2. The summed E-state index contributed by atoms with van der Waals surface area (Å²) >= 11 is 1.06. The van der Waals surface area contributed by atoms with Gasteiger partial charge in [0.15, 0.2) is 5.69 Å². The Kier molecular flexibility index (Phi) is 9.25. The summed E-state index contributed by atoms with van der Waals surface area (Å²) in [5, 5.41) is 8.72. The quantitative estimate of drug-likeness (QED) is 0.165. The van der Waals surface area contributed by atoms with Gasteiger partial charge in [0.1, 0.15) is 11.6 Å². The molecule has 0 radical (unpaired) electrons. The molecule has 0 aliphatic heterocycles. The van der Waals surface area contributed by atoms with Crippen LogP contribution in [-0.4, -0.2) is 33.5 Å². The summed E-state index contributed by atoms with van der Waals surface area (Å²) in [5.41, 5.74) is 2.16. The van der Waals surface area contributed by atoms with E-state index in [0.717, 1.165) is 45.6 Å². The number of thioether (sulfide) groups is 1. The van der Waals surface area contributed by atoms with Crippen LogP contribution in [0.4, 0.5) is 32.8 Å². The fraction of sp³-hybridized carbons (Fsp3) is 0.233. The Morgan fingerprint density at radius 2 is 1.55 bits per heavy atom. The molecule has 0 atom stereocenters. The molecule has 12 heteroatoms. The fourth-order valence-corrected chi connectivity index (χ4v) is 4.39. The number of hydrogen-bond acceptors (Lipinski definition) is 5. The maximum atomic E-state index is 13.0. The van der Waals surface area contributed by atoms with Crippen LogP contribution in [0.2, 0.25) is 0 Å². The van der Waals surface area contributed by atoms with Gasteiger partial charge in [0, 0.05) is 23.2 Å². The molecule has 0 spiro atoms. The van der Waals surface area contributed by atoms with Crippen LogP contribution < -0.4 is 10.6 Å². The van der Waals surface area contributed by atoms with Crippen LogP contribution in [0.3, 0.4) is 0 Å². The molecule has 0 saturated heterocycles. The summed E-state index contributed by atoms with van der Waals surface area (Å²) in [6.45, 7) is 5.54. The van der Waals surface area contributed by atoms with Crippen molar-refractivity contribution in [3.63, 3.8) is 0 Å². The number of aromatic nitrogens is 2. The number of rotatable bonds is 7. The molecule has 0 aliphatic carbocycles. The maximum absolute atomic E-state index is 13.0. The van der Waals surface area contributed by atoms with Gasteiger partial charge in [0.05, 0.1) is 5.69 Å². The number of alkyl carbamates (subject to hydrolysis) is 1. The second kappa shape index (κ2) is 12.7. The van der Waals surface area contributed by atoms with Crippen molar-refractivity contribution in [3.8, 4) is 22.3 Å². The van der Waals surface area contributed by atoms with Crippen LogP contribution in [0.15, 0.2) is 83.9 Å². The number of nitrogens with zero attached hydrogens (tertiary/aromatic N) is 2. The number of hydrogen-bond donors (Lipinski definition) is 2. The molecule has 0 bridgehead atoms. The average molecular weight is 601 g/mol. The van der Waals surface area contributed by atoms with Gasteiger partial charge in [0.25, 0.3) is 0 Å². The number of benzene rings is 3. The fourth-order valence-electron chi connectivity index (χ4n) is 3.94. The molecule has 2 amide bonds. The molecule has 42 heavy (non-hydrogen) atoms. The van der Waals surface area contributed by atoms with Crippen molar-refractivity contribution in [1.29, 1.82) is 0 Å². The predicted octanol–water partition coefficient (Wildman–Crippen LogP) is 8.36. The third kappa shape index (κ3) is 8.12. The van der Waals surface area contributed by atoms with Crippen LogP contribution in [0.25, 0.3) is 22.3 Å². The van der Waals surface area contributed by atoms with Crippen LogP contribution in [0.1, 0.15) is 32.0 Å². The van der Waals surface area contributed by atoms with Gasteiger partial charge < -0.3 is 15.4 Å². The highest BCUT2D eigenvalue weighted by Gasteiger charge is 2.34. The molecule has 4 rings (SSSR count). The van der Waals surface area contributed by atoms with Crippen LogP contribution in [0.5, 0.6) is 0 Å². The number of nitrogens with one attached hydrogen (secondary N) is 2. The average Bonchev–Trinajstić information content (AvgIpc) is 3.44. The smallest absolute Gasteiger partial charge is 0.435 e. The van der Waals surface area contributed by atoms with Gasteiger partial charge in [-0.25, -0.2) is 14.0 Å². The van der Waals surface area contributed by atoms with Gasteiger partial charge in [-0.05, 0) is 67.3 Å². The van der Waals surface area contributed by atoms with Crippen molar-refractivity contribution in [1.82, 2.24) is 15.1 Å². The summed E-state index contributed by atoms with van der Waals surface area (Å²) in [6.07, 6.45) is -4.30. The first kappa shape index (κ1) is 30.6. The molecule has 3 aromatic carbocycles. The summed E-state index contributed by atoms with van der Waals surface area (Å²) in [7, 11) is 0. The number of carbonyl (C=O) groups is 2. The lowest BCUT2D eigenvalue weighted by atomic mass is 9.97. The molecule has 0 saturated carbocycles. The minimum absolute atomic E-state index is 0.231. The van der Waals surface area contributed by atoms with Gasteiger partial charge in [-0.1, -0.05) is 60.3 Å². The monoisotopic (exact) mass is 600 g/mol. The van der Waals surface area contributed by atoms with Crippen molar-refractivity contribution in [2.24, 2.45) is 0 Å². The SMILES string of the molecule is CC(C)(C)OC(=O)NCc1ccc(-c2ccc(-c3ccc(SCF)cc3)cc2NC(=O)n2ccc(C(F)(F)F)n2)cc1. The highest BCUT2D eigenvalue weighted by molar-refractivity contribution is 7.99. The predicted molar refractivity (Wildman–Crippen MR) is 154 cm³/mol. The van der Waals surface area contributed by atoms with E-state index in [1.165, 1.54) is 0 Å². The zero-order valence-corrected chi connectivity index (χ0v) is 23.8. The van der Waals surface area contributed by atoms with Crippen LogP contribution in [0, 0.1) is 0 Å². The second-order valence-electron chi connectivity index (χ2n) is 10.2. The molecule has 0 fully saturated rings. The first-order chi connectivity index (χ1) is 19.8. The Morgan fingerprint density at radius 1 is 0.905 bits per heavy atom. The number of carbonyl (C=O) groups excluding carboxylic acids is 2. The Hall–Kier alpha value is -4.32. The third-order valence-corrected chi connectivity index (χ3v) is 6.57. The first-order valence-corrected chi connectivity index (χ1v) is 13.7. The molecule has 220 valence electrons. The van der Waals surface area contributed by atoms with Gasteiger partial charge in [0.2, 0.25) is 0 Å². The Bertz CT molecular complexity index is 1550. The van der Waals surface area contributed by atoms with Crippen molar-refractivity contribution < 1.29 is 31.9 Å². The third-order valence-electron chi connectivity index (χ3n) is 5.86. The van der Waals surface area contributed by atoms with Gasteiger partial charge in [-0.3, -0.25) is 0 Å². The molecule has 1 aromatic heterocycles. The number of halogens is 4. The van der Waals surface area contributed by atoms with Crippen LogP contribution >= 0.6 is 11.8 Å². The number of ether oxygens (including phenoxy) is 1. The van der Waals surface area contributed by atoms with Crippen molar-refractivity contribution in [2.45, 2.75) is 44.0 Å². The van der Waals surface area contributed by atoms with Crippen molar-refractivity contribution >= 4 is 29.6 Å². The van der Waals surface area contributed by atoms with Gasteiger partial charge in [-0.2, -0.15) is 23.0 Å². The van der Waals surface area contributed by atoms with Gasteiger partial charge >= 0.3 is 18.3 Å². The first-order valence-electron chi connectivity index (χ1n) is 12.8. The van der Waals surface area contributed by atoms with Gasteiger partial charge in [-0.15, -0.1) is 0 Å². The summed E-state index contributed by atoms with van der Waals surface area (Å²) in [5.74, 6) is 0. The van der Waals surface area contributed by atoms with E-state index in [1.807, 2.05) is 18.2 Å². The zero-order chi connectivity index (χ0) is 30.5. The molecule has 1 heterocycles. The largest absolute Gasteiger partial charge is 0.444 e. The molecule has 0 unspecified atom stereocenters. The molecule has 0 aliphatic rings. The summed E-state index contributed by atoms with van der Waals surface area (Å²) in [4.78, 5) is 25.7. The van der Waals surface area contributed by atoms with E-state index in [0.29, 0.717) is 21.5 Å². The van der Waals surface area contributed by atoms with E-state index < -0.39 is 35.6 Å². The van der Waals surface area contributed by atoms with E-state index in [1.54, 1.807) is 69.3 Å². The molecule has 4 aromatic rings. The standard InChI is InChI=1S/C30H28F4N4O3S/c1-29(2,3)41-28(40)35-17-19-4-6-21(7-5-19)24-13-10-22(20-8-11-23(12-9-20)42-18-31)16-25(24)36-27(39)38-15-14-26(37-38)30(32,33)34/h4-16H,17-18H2,1-3H3,(H,35,40)(H,36,39). The number of anilines is 1. The highest BCUT2D eigenvalue weighted by atomic mass is 32.2. The highest BCUT2D eigenvalue weighted by Crippen LogP contribution is 2.34. The Balaban J connectivity index is 1.62. The van der Waals surface area contributed by atoms with Crippen molar-refractivity contribution in [2.75, 3.05) is 11.3 Å². The van der Waals surface area contributed by atoms with Crippen molar-refractivity contribution in [3.05, 3.63) is 90.3 Å². The zero-order valence-electron chi connectivity index (χ0n) is 23.0. The van der Waals surface area contributed by atoms with E-state index >= 15 is 0 Å². The lowest BCUT2D eigenvalue weighted by molar-refractivity contribution is -0.141. The van der Waals surface area contributed by atoms with E-state index in [9.17, 15) is 27.2 Å². The van der Waals surface area contributed by atoms with E-state index in [4.69, 9.17) is 4.74 Å². The van der Waals surface area contributed by atoms with Crippen LogP contribution in [-0.2, 0) is 17.5 Å². The Labute approximate surface area is 244 Å². The topological polar surface area (TPSA) is 85.3 Å². The summed E-state index contributed by atoms with van der Waals surface area (Å²) < 4.78 is 57.6. The lowest BCUT2D eigenvalue weighted by Crippen LogP contribution is -2.32. The minimum Gasteiger partial charge on any atom is -0.444 e. The van der Waals surface area contributed by atoms with E-state index in [-0.39, 0.29) is 6.54 Å².